The third kappa shape index (κ3) is 8.63. The first-order valence-electron chi connectivity index (χ1n) is 11.3. The highest BCUT2D eigenvalue weighted by molar-refractivity contribution is 5.81. The van der Waals surface area contributed by atoms with E-state index in [0.29, 0.717) is 44.4 Å². The van der Waals surface area contributed by atoms with Gasteiger partial charge in [-0.3, -0.25) is 14.4 Å². The van der Waals surface area contributed by atoms with Crippen LogP contribution in [0.3, 0.4) is 0 Å². The molecule has 0 radical (unpaired) electrons. The van der Waals surface area contributed by atoms with Gasteiger partial charge in [-0.25, -0.2) is 0 Å². The summed E-state index contributed by atoms with van der Waals surface area (Å²) in [5.41, 5.74) is -0.399. The Balaban J connectivity index is 1.72. The molecule has 1 aromatic rings. The van der Waals surface area contributed by atoms with E-state index in [1.807, 2.05) is 4.90 Å². The highest BCUT2D eigenvalue weighted by Crippen LogP contribution is 2.30. The summed E-state index contributed by atoms with van der Waals surface area (Å²) in [6.07, 6.45) is 1.29. The quantitative estimate of drug-likeness (QED) is 0.307. The molecular formula is C24H32F3NO4. The fourth-order valence-electron chi connectivity index (χ4n) is 4.04. The SMILES string of the molecule is CCOC(=O)CCCCCCN1C(=O)CCC1CCC(=O)Cc1cccc(C(F)(F)F)c1. The van der Waals surface area contributed by atoms with Crippen LogP contribution < -0.4 is 0 Å². The maximum atomic E-state index is 12.8. The minimum atomic E-state index is -4.43. The van der Waals surface area contributed by atoms with Crippen LogP contribution in [0.2, 0.25) is 0 Å². The number of hydrogen-bond acceptors (Lipinski definition) is 4. The molecule has 1 unspecified atom stereocenters. The molecular weight excluding hydrogens is 423 g/mol. The molecule has 0 spiro atoms. The largest absolute Gasteiger partial charge is 0.466 e. The molecule has 1 aliphatic rings. The number of carbonyl (C=O) groups excluding carboxylic acids is 3. The second-order valence-corrected chi connectivity index (χ2v) is 8.20. The summed E-state index contributed by atoms with van der Waals surface area (Å²) in [6.45, 7) is 2.80. The molecule has 0 aliphatic carbocycles. The van der Waals surface area contributed by atoms with Crippen LogP contribution in [0.1, 0.15) is 75.8 Å². The van der Waals surface area contributed by atoms with E-state index in [-0.39, 0.29) is 36.5 Å². The molecule has 32 heavy (non-hydrogen) atoms. The summed E-state index contributed by atoms with van der Waals surface area (Å²) in [4.78, 5) is 37.7. The summed E-state index contributed by atoms with van der Waals surface area (Å²) < 4.78 is 43.4. The summed E-state index contributed by atoms with van der Waals surface area (Å²) in [5, 5.41) is 0. The van der Waals surface area contributed by atoms with Crippen LogP contribution in [-0.4, -0.2) is 41.8 Å². The molecule has 0 bridgehead atoms. The molecule has 178 valence electrons. The lowest BCUT2D eigenvalue weighted by Gasteiger charge is -2.24. The average Bonchev–Trinajstić information content (AvgIpc) is 3.08. The summed E-state index contributed by atoms with van der Waals surface area (Å²) >= 11 is 0. The normalized spacial score (nSPS) is 16.4. The molecule has 0 saturated carbocycles. The monoisotopic (exact) mass is 455 g/mol. The van der Waals surface area contributed by atoms with E-state index in [1.165, 1.54) is 12.1 Å². The number of ketones is 1. The van der Waals surface area contributed by atoms with Crippen molar-refractivity contribution in [3.05, 3.63) is 35.4 Å². The average molecular weight is 456 g/mol. The highest BCUT2D eigenvalue weighted by atomic mass is 19.4. The number of nitrogens with zero attached hydrogens (tertiary/aromatic N) is 1. The number of rotatable bonds is 13. The van der Waals surface area contributed by atoms with Gasteiger partial charge in [-0.1, -0.05) is 31.0 Å². The number of esters is 1. The van der Waals surface area contributed by atoms with Crippen molar-refractivity contribution in [1.29, 1.82) is 0 Å². The van der Waals surface area contributed by atoms with Gasteiger partial charge >= 0.3 is 12.1 Å². The molecule has 1 amide bonds. The minimum Gasteiger partial charge on any atom is -0.466 e. The smallest absolute Gasteiger partial charge is 0.416 e. The van der Waals surface area contributed by atoms with Gasteiger partial charge in [0.05, 0.1) is 12.2 Å². The Morgan fingerprint density at radius 3 is 2.59 bits per heavy atom. The van der Waals surface area contributed by atoms with Crippen molar-refractivity contribution in [3.63, 3.8) is 0 Å². The second kappa shape index (κ2) is 12.6. The van der Waals surface area contributed by atoms with Crippen molar-refractivity contribution in [3.8, 4) is 0 Å². The molecule has 1 aromatic carbocycles. The number of ether oxygens (including phenoxy) is 1. The standard InChI is InChI=1S/C24H32F3NO4/c1-2-32-23(31)10-5-3-4-6-15-28-20(12-14-22(28)30)11-13-21(29)17-18-8-7-9-19(16-18)24(25,26)27/h7-9,16,20H,2-6,10-15,17H2,1H3. The third-order valence-corrected chi connectivity index (χ3v) is 5.70. The Bertz CT molecular complexity index is 779. The maximum absolute atomic E-state index is 12.8. The van der Waals surface area contributed by atoms with E-state index in [9.17, 15) is 27.6 Å². The van der Waals surface area contributed by atoms with Crippen molar-refractivity contribution in [2.75, 3.05) is 13.2 Å². The molecule has 2 rings (SSSR count). The molecule has 1 heterocycles. The molecule has 1 aliphatic heterocycles. The summed E-state index contributed by atoms with van der Waals surface area (Å²) in [5.74, 6) is -0.216. The van der Waals surface area contributed by atoms with Crippen molar-refractivity contribution < 1.29 is 32.3 Å². The first kappa shape index (κ1) is 25.9. The zero-order valence-electron chi connectivity index (χ0n) is 18.6. The van der Waals surface area contributed by atoms with Crippen molar-refractivity contribution in [2.24, 2.45) is 0 Å². The van der Waals surface area contributed by atoms with Crippen LogP contribution >= 0.6 is 0 Å². The predicted molar refractivity (Wildman–Crippen MR) is 114 cm³/mol. The summed E-state index contributed by atoms with van der Waals surface area (Å²) in [6, 6.07) is 4.86. The van der Waals surface area contributed by atoms with E-state index >= 15 is 0 Å². The zero-order valence-corrected chi connectivity index (χ0v) is 18.6. The number of likely N-dealkylation sites (tertiary alicyclic amines) is 1. The number of unbranched alkanes of at least 4 members (excludes halogenated alkanes) is 3. The van der Waals surface area contributed by atoms with E-state index in [4.69, 9.17) is 4.74 Å². The first-order valence-corrected chi connectivity index (χ1v) is 11.3. The highest BCUT2D eigenvalue weighted by Gasteiger charge is 2.31. The second-order valence-electron chi connectivity index (χ2n) is 8.20. The Morgan fingerprint density at radius 2 is 1.88 bits per heavy atom. The molecule has 8 heteroatoms. The number of benzene rings is 1. The van der Waals surface area contributed by atoms with Gasteiger partial charge in [-0.15, -0.1) is 0 Å². The first-order chi connectivity index (χ1) is 15.2. The van der Waals surface area contributed by atoms with E-state index < -0.39 is 11.7 Å². The van der Waals surface area contributed by atoms with Gasteiger partial charge in [0.15, 0.2) is 0 Å². The lowest BCUT2D eigenvalue weighted by atomic mass is 10.0. The Hall–Kier alpha value is -2.38. The van der Waals surface area contributed by atoms with Gasteiger partial charge in [0.1, 0.15) is 5.78 Å². The van der Waals surface area contributed by atoms with Gasteiger partial charge in [0.25, 0.3) is 0 Å². The van der Waals surface area contributed by atoms with Gasteiger partial charge in [-0.05, 0) is 44.2 Å². The van der Waals surface area contributed by atoms with Gasteiger partial charge < -0.3 is 9.64 Å². The van der Waals surface area contributed by atoms with E-state index in [0.717, 1.165) is 37.8 Å². The number of Topliss-reactive ketones (excluding diaryl/α,β-unsaturated/α-hetero) is 1. The van der Waals surface area contributed by atoms with Crippen LogP contribution in [0.25, 0.3) is 0 Å². The number of amides is 1. The van der Waals surface area contributed by atoms with Crippen molar-refractivity contribution in [2.45, 2.75) is 83.4 Å². The van der Waals surface area contributed by atoms with Crippen LogP contribution in [0, 0.1) is 0 Å². The van der Waals surface area contributed by atoms with Crippen molar-refractivity contribution >= 4 is 17.7 Å². The number of alkyl halides is 3. The van der Waals surface area contributed by atoms with E-state index in [2.05, 4.69) is 0 Å². The fraction of sp³-hybridized carbons (Fsp3) is 0.625. The van der Waals surface area contributed by atoms with Crippen LogP contribution in [0.5, 0.6) is 0 Å². The third-order valence-electron chi connectivity index (χ3n) is 5.70. The topological polar surface area (TPSA) is 63.7 Å². The fourth-order valence-corrected chi connectivity index (χ4v) is 4.04. The van der Waals surface area contributed by atoms with Gasteiger partial charge in [0.2, 0.25) is 5.91 Å². The number of halogens is 3. The van der Waals surface area contributed by atoms with Crippen LogP contribution in [-0.2, 0) is 31.7 Å². The molecule has 5 nitrogen and oxygen atoms in total. The molecule has 0 aromatic heterocycles. The molecule has 1 atom stereocenters. The zero-order chi connectivity index (χ0) is 23.6. The summed E-state index contributed by atoms with van der Waals surface area (Å²) in [7, 11) is 0. The van der Waals surface area contributed by atoms with Gasteiger partial charge in [0, 0.05) is 38.3 Å². The van der Waals surface area contributed by atoms with E-state index in [1.54, 1.807) is 6.92 Å². The predicted octanol–water partition coefficient (Wildman–Crippen LogP) is 5.10. The molecule has 1 fully saturated rings. The lowest BCUT2D eigenvalue weighted by Crippen LogP contribution is -2.34. The Morgan fingerprint density at radius 1 is 1.12 bits per heavy atom. The van der Waals surface area contributed by atoms with Crippen LogP contribution in [0.15, 0.2) is 24.3 Å². The minimum absolute atomic E-state index is 0.00694. The number of hydrogen-bond donors (Lipinski definition) is 0. The van der Waals surface area contributed by atoms with Crippen molar-refractivity contribution in [1.82, 2.24) is 4.90 Å². The molecule has 1 saturated heterocycles. The Labute approximate surface area is 187 Å². The molecule has 0 N–H and O–H groups in total. The Kier molecular flexibility index (Phi) is 10.2. The maximum Gasteiger partial charge on any atom is 0.416 e. The lowest BCUT2D eigenvalue weighted by molar-refractivity contribution is -0.143. The van der Waals surface area contributed by atoms with Crippen LogP contribution in [0.4, 0.5) is 13.2 Å². The van der Waals surface area contributed by atoms with Gasteiger partial charge in [-0.2, -0.15) is 13.2 Å². The number of carbonyl (C=O) groups is 3.